The van der Waals surface area contributed by atoms with E-state index in [2.05, 4.69) is 22.8 Å². The van der Waals surface area contributed by atoms with E-state index >= 15 is 0 Å². The fourth-order valence-corrected chi connectivity index (χ4v) is 4.33. The van der Waals surface area contributed by atoms with E-state index in [4.69, 9.17) is 0 Å². The lowest BCUT2D eigenvalue weighted by molar-refractivity contribution is 0.0951. The van der Waals surface area contributed by atoms with Crippen LogP contribution in [0.2, 0.25) is 0 Å². The standard InChI is InChI=1S/C20H25N3O3S/c1-14(2)23(3)27(25,26)19-8-6-16(7-9-19)20(24)22-11-15-4-5-17-12-21-13-18(17)10-15/h4-10,14,21H,11-13H2,1-3H3,(H,22,24). The summed E-state index contributed by atoms with van der Waals surface area (Å²) in [6, 6.07) is 12.1. The highest BCUT2D eigenvalue weighted by molar-refractivity contribution is 7.89. The predicted molar refractivity (Wildman–Crippen MR) is 105 cm³/mol. The molecule has 1 amide bonds. The van der Waals surface area contributed by atoms with Crippen LogP contribution in [-0.2, 0) is 29.7 Å². The Morgan fingerprint density at radius 1 is 1.11 bits per heavy atom. The number of nitrogens with zero attached hydrogens (tertiary/aromatic N) is 1. The van der Waals surface area contributed by atoms with Gasteiger partial charge in [-0.3, -0.25) is 4.79 Å². The molecule has 0 aliphatic carbocycles. The molecule has 0 bridgehead atoms. The molecule has 0 aromatic heterocycles. The number of benzene rings is 2. The van der Waals surface area contributed by atoms with Gasteiger partial charge in [0, 0.05) is 38.3 Å². The van der Waals surface area contributed by atoms with Crippen LogP contribution in [0, 0.1) is 0 Å². The SMILES string of the molecule is CC(C)N(C)S(=O)(=O)c1ccc(C(=O)NCc2ccc3c(c2)CNC3)cc1. The van der Waals surface area contributed by atoms with Crippen LogP contribution in [0.4, 0.5) is 0 Å². The number of nitrogens with one attached hydrogen (secondary N) is 2. The van der Waals surface area contributed by atoms with Crippen molar-refractivity contribution in [3.05, 3.63) is 64.7 Å². The maximum Gasteiger partial charge on any atom is 0.251 e. The fourth-order valence-electron chi connectivity index (χ4n) is 2.96. The molecule has 0 radical (unpaired) electrons. The molecule has 3 rings (SSSR count). The number of carbonyl (C=O) groups excluding carboxylic acids is 1. The minimum atomic E-state index is -3.55. The molecule has 1 aliphatic heterocycles. The van der Waals surface area contributed by atoms with E-state index < -0.39 is 10.0 Å². The van der Waals surface area contributed by atoms with Gasteiger partial charge < -0.3 is 10.6 Å². The Bertz CT molecular complexity index is 937. The normalized spacial score (nSPS) is 13.8. The zero-order chi connectivity index (χ0) is 19.6. The summed E-state index contributed by atoms with van der Waals surface area (Å²) in [4.78, 5) is 12.6. The van der Waals surface area contributed by atoms with Crippen molar-refractivity contribution >= 4 is 15.9 Å². The molecule has 0 fully saturated rings. The zero-order valence-electron chi connectivity index (χ0n) is 15.8. The highest BCUT2D eigenvalue weighted by Gasteiger charge is 2.23. The van der Waals surface area contributed by atoms with Crippen LogP contribution < -0.4 is 10.6 Å². The lowest BCUT2D eigenvalue weighted by atomic mass is 10.1. The molecule has 0 saturated heterocycles. The summed E-state index contributed by atoms with van der Waals surface area (Å²) in [5, 5.41) is 6.18. The highest BCUT2D eigenvalue weighted by Crippen LogP contribution is 2.18. The van der Waals surface area contributed by atoms with Gasteiger partial charge in [-0.05, 0) is 54.8 Å². The Morgan fingerprint density at radius 3 is 2.44 bits per heavy atom. The summed E-state index contributed by atoms with van der Waals surface area (Å²) >= 11 is 0. The fraction of sp³-hybridized carbons (Fsp3) is 0.350. The Morgan fingerprint density at radius 2 is 1.78 bits per heavy atom. The third-order valence-corrected chi connectivity index (χ3v) is 6.92. The summed E-state index contributed by atoms with van der Waals surface area (Å²) in [6.07, 6.45) is 0. The van der Waals surface area contributed by atoms with Crippen LogP contribution in [0.1, 0.15) is 40.9 Å². The van der Waals surface area contributed by atoms with E-state index in [1.807, 2.05) is 19.9 Å². The second-order valence-electron chi connectivity index (χ2n) is 7.03. The summed E-state index contributed by atoms with van der Waals surface area (Å²) in [5.74, 6) is -0.227. The van der Waals surface area contributed by atoms with Crippen molar-refractivity contribution in [3.63, 3.8) is 0 Å². The second-order valence-corrected chi connectivity index (χ2v) is 9.03. The molecule has 27 heavy (non-hydrogen) atoms. The Balaban J connectivity index is 1.66. The Kier molecular flexibility index (Phi) is 5.64. The predicted octanol–water partition coefficient (Wildman–Crippen LogP) is 2.25. The number of rotatable bonds is 6. The summed E-state index contributed by atoms with van der Waals surface area (Å²) in [7, 11) is -2.00. The van der Waals surface area contributed by atoms with E-state index in [-0.39, 0.29) is 16.8 Å². The monoisotopic (exact) mass is 387 g/mol. The van der Waals surface area contributed by atoms with E-state index in [1.165, 1.54) is 27.6 Å². The van der Waals surface area contributed by atoms with Crippen molar-refractivity contribution < 1.29 is 13.2 Å². The van der Waals surface area contributed by atoms with Crippen molar-refractivity contribution in [2.75, 3.05) is 7.05 Å². The molecule has 144 valence electrons. The van der Waals surface area contributed by atoms with E-state index in [1.54, 1.807) is 19.2 Å². The first-order valence-electron chi connectivity index (χ1n) is 8.96. The molecule has 2 aromatic carbocycles. The topological polar surface area (TPSA) is 78.5 Å². The van der Waals surface area contributed by atoms with Crippen LogP contribution in [0.3, 0.4) is 0 Å². The quantitative estimate of drug-likeness (QED) is 0.797. The van der Waals surface area contributed by atoms with Crippen molar-refractivity contribution in [2.24, 2.45) is 0 Å². The largest absolute Gasteiger partial charge is 0.348 e. The van der Waals surface area contributed by atoms with Gasteiger partial charge in [-0.2, -0.15) is 4.31 Å². The van der Waals surface area contributed by atoms with Gasteiger partial charge in [0.15, 0.2) is 0 Å². The van der Waals surface area contributed by atoms with Crippen LogP contribution in [0.5, 0.6) is 0 Å². The molecule has 6 nitrogen and oxygen atoms in total. The minimum absolute atomic E-state index is 0.138. The summed E-state index contributed by atoms with van der Waals surface area (Å²) in [5.41, 5.74) is 4.05. The molecule has 2 N–H and O–H groups in total. The van der Waals surface area contributed by atoms with E-state index in [0.717, 1.165) is 18.7 Å². The van der Waals surface area contributed by atoms with Crippen molar-refractivity contribution in [2.45, 2.75) is 44.4 Å². The van der Waals surface area contributed by atoms with Crippen molar-refractivity contribution in [1.82, 2.24) is 14.9 Å². The van der Waals surface area contributed by atoms with Gasteiger partial charge in [-0.15, -0.1) is 0 Å². The third-order valence-electron chi connectivity index (χ3n) is 4.88. The Hall–Kier alpha value is -2.22. The van der Waals surface area contributed by atoms with Crippen LogP contribution in [0.25, 0.3) is 0 Å². The molecule has 2 aromatic rings. The number of fused-ring (bicyclic) bond motifs is 1. The molecule has 7 heteroatoms. The summed E-state index contributed by atoms with van der Waals surface area (Å²) < 4.78 is 26.3. The van der Waals surface area contributed by atoms with Crippen molar-refractivity contribution in [1.29, 1.82) is 0 Å². The first-order chi connectivity index (χ1) is 12.8. The molecule has 0 saturated carbocycles. The van der Waals surface area contributed by atoms with Crippen molar-refractivity contribution in [3.8, 4) is 0 Å². The second kappa shape index (κ2) is 7.80. The Labute approximate surface area is 160 Å². The molecular formula is C20H25N3O3S. The highest BCUT2D eigenvalue weighted by atomic mass is 32.2. The average molecular weight is 388 g/mol. The van der Waals surface area contributed by atoms with E-state index in [0.29, 0.717) is 12.1 Å². The van der Waals surface area contributed by atoms with Gasteiger partial charge in [0.05, 0.1) is 4.90 Å². The molecule has 0 atom stereocenters. The maximum absolute atomic E-state index is 12.5. The molecule has 1 heterocycles. The van der Waals surface area contributed by atoms with Gasteiger partial charge in [0.25, 0.3) is 5.91 Å². The van der Waals surface area contributed by atoms with Crippen LogP contribution in [-0.4, -0.2) is 31.7 Å². The molecule has 1 aliphatic rings. The average Bonchev–Trinajstić information content (AvgIpc) is 3.13. The molecular weight excluding hydrogens is 362 g/mol. The summed E-state index contributed by atoms with van der Waals surface area (Å²) in [6.45, 7) is 5.81. The maximum atomic E-state index is 12.5. The molecule has 0 unspecified atom stereocenters. The zero-order valence-corrected chi connectivity index (χ0v) is 16.6. The third kappa shape index (κ3) is 4.21. The first kappa shape index (κ1) is 19.5. The van der Waals surface area contributed by atoms with E-state index in [9.17, 15) is 13.2 Å². The van der Waals surface area contributed by atoms with Gasteiger partial charge in [0.1, 0.15) is 0 Å². The number of hydrogen-bond donors (Lipinski definition) is 2. The number of hydrogen-bond acceptors (Lipinski definition) is 4. The van der Waals surface area contributed by atoms with Crippen LogP contribution >= 0.6 is 0 Å². The molecule has 0 spiro atoms. The number of sulfonamides is 1. The lowest BCUT2D eigenvalue weighted by Gasteiger charge is -2.21. The minimum Gasteiger partial charge on any atom is -0.348 e. The first-order valence-corrected chi connectivity index (χ1v) is 10.4. The van der Waals surface area contributed by atoms with Gasteiger partial charge in [-0.25, -0.2) is 8.42 Å². The smallest absolute Gasteiger partial charge is 0.251 e. The number of amides is 1. The van der Waals surface area contributed by atoms with Gasteiger partial charge in [-0.1, -0.05) is 18.2 Å². The van der Waals surface area contributed by atoms with Crippen LogP contribution in [0.15, 0.2) is 47.4 Å². The van der Waals surface area contributed by atoms with Gasteiger partial charge >= 0.3 is 0 Å². The number of carbonyl (C=O) groups is 1. The van der Waals surface area contributed by atoms with Gasteiger partial charge in [0.2, 0.25) is 10.0 Å². The lowest BCUT2D eigenvalue weighted by Crippen LogP contribution is -2.33.